The number of hydrogen-bond donors (Lipinski definition) is 1. The van der Waals surface area contributed by atoms with E-state index in [1.165, 1.54) is 5.56 Å². The Balaban J connectivity index is 1.63. The molecule has 0 atom stereocenters. The molecule has 1 N–H and O–H groups in total. The van der Waals surface area contributed by atoms with E-state index >= 15 is 0 Å². The Morgan fingerprint density at radius 3 is 2.73 bits per heavy atom. The molecule has 1 saturated heterocycles. The van der Waals surface area contributed by atoms with Crippen molar-refractivity contribution < 1.29 is 9.53 Å². The number of carbonyl (C=O) groups is 1. The van der Waals surface area contributed by atoms with E-state index in [1.54, 1.807) is 6.08 Å². The first kappa shape index (κ1) is 16.8. The molecule has 1 aliphatic rings. The minimum absolute atomic E-state index is 0.0451. The van der Waals surface area contributed by atoms with E-state index in [0.717, 1.165) is 57.4 Å². The molecule has 1 aliphatic heterocycles. The number of amides is 1. The highest BCUT2D eigenvalue weighted by Crippen LogP contribution is 2.13. The van der Waals surface area contributed by atoms with Crippen LogP contribution in [0.3, 0.4) is 0 Å². The van der Waals surface area contributed by atoms with E-state index in [-0.39, 0.29) is 5.91 Å². The summed E-state index contributed by atoms with van der Waals surface area (Å²) in [6.07, 6.45) is 6.99. The molecule has 3 nitrogen and oxygen atoms in total. The van der Waals surface area contributed by atoms with Crippen molar-refractivity contribution in [2.75, 3.05) is 19.8 Å². The summed E-state index contributed by atoms with van der Waals surface area (Å²) in [7, 11) is 0. The van der Waals surface area contributed by atoms with Gasteiger partial charge in [0.25, 0.3) is 0 Å². The molecule has 0 aliphatic carbocycles. The van der Waals surface area contributed by atoms with Crippen molar-refractivity contribution in [1.29, 1.82) is 0 Å². The second-order valence-electron chi connectivity index (χ2n) is 6.13. The second kappa shape index (κ2) is 9.42. The maximum atomic E-state index is 11.9. The molecule has 3 heteroatoms. The Morgan fingerprint density at radius 1 is 1.27 bits per heavy atom. The fraction of sp³-hybridized carbons (Fsp3) is 0.526. The van der Waals surface area contributed by atoms with Crippen LogP contribution in [0.5, 0.6) is 0 Å². The molecular weight excluding hydrogens is 274 g/mol. The van der Waals surface area contributed by atoms with E-state index < -0.39 is 0 Å². The molecule has 0 saturated carbocycles. The molecule has 0 unspecified atom stereocenters. The van der Waals surface area contributed by atoms with Gasteiger partial charge in [0.1, 0.15) is 0 Å². The number of nitrogens with one attached hydrogen (secondary N) is 1. The average Bonchev–Trinajstić information content (AvgIpc) is 2.55. The van der Waals surface area contributed by atoms with Crippen molar-refractivity contribution in [3.63, 3.8) is 0 Å². The zero-order chi connectivity index (χ0) is 15.6. The topological polar surface area (TPSA) is 38.3 Å². The van der Waals surface area contributed by atoms with Gasteiger partial charge in [0.2, 0.25) is 5.91 Å². The van der Waals surface area contributed by atoms with E-state index in [0.29, 0.717) is 5.92 Å². The van der Waals surface area contributed by atoms with E-state index in [1.807, 2.05) is 13.0 Å². The maximum absolute atomic E-state index is 11.9. The number of allylic oxidation sites excluding steroid dienone is 1. The van der Waals surface area contributed by atoms with Crippen LogP contribution < -0.4 is 5.32 Å². The maximum Gasteiger partial charge on any atom is 0.243 e. The van der Waals surface area contributed by atoms with E-state index in [2.05, 4.69) is 29.6 Å². The number of rotatable bonds is 7. The van der Waals surface area contributed by atoms with Crippen LogP contribution in [0.25, 0.3) is 0 Å². The highest BCUT2D eigenvalue weighted by Gasteiger charge is 2.13. The molecule has 1 aromatic carbocycles. The third-order valence-electron chi connectivity index (χ3n) is 4.16. The van der Waals surface area contributed by atoms with Gasteiger partial charge in [-0.15, -0.1) is 0 Å². The molecular formula is C19H27NO2. The van der Waals surface area contributed by atoms with Gasteiger partial charge in [0.15, 0.2) is 0 Å². The predicted molar refractivity (Wildman–Crippen MR) is 89.7 cm³/mol. The molecule has 0 radical (unpaired) electrons. The van der Waals surface area contributed by atoms with Crippen molar-refractivity contribution in [3.8, 4) is 0 Å². The van der Waals surface area contributed by atoms with Crippen molar-refractivity contribution in [3.05, 3.63) is 47.5 Å². The van der Waals surface area contributed by atoms with Crippen LogP contribution in [-0.2, 0) is 16.0 Å². The lowest BCUT2D eigenvalue weighted by atomic mass is 10.0. The second-order valence-corrected chi connectivity index (χ2v) is 6.13. The third kappa shape index (κ3) is 6.44. The van der Waals surface area contributed by atoms with Crippen LogP contribution in [0, 0.1) is 5.92 Å². The van der Waals surface area contributed by atoms with Crippen LogP contribution in [0.2, 0.25) is 0 Å². The molecule has 0 spiro atoms. The van der Waals surface area contributed by atoms with Gasteiger partial charge >= 0.3 is 0 Å². The largest absolute Gasteiger partial charge is 0.381 e. The zero-order valence-corrected chi connectivity index (χ0v) is 13.5. The summed E-state index contributed by atoms with van der Waals surface area (Å²) >= 11 is 0. The molecule has 1 amide bonds. The van der Waals surface area contributed by atoms with Crippen LogP contribution in [0.1, 0.15) is 38.2 Å². The number of carbonyl (C=O) groups excluding carboxylic acids is 1. The highest BCUT2D eigenvalue weighted by atomic mass is 16.5. The van der Waals surface area contributed by atoms with Gasteiger partial charge in [-0.1, -0.05) is 35.9 Å². The van der Waals surface area contributed by atoms with Crippen molar-refractivity contribution in [2.24, 2.45) is 5.92 Å². The normalized spacial score (nSPS) is 16.5. The van der Waals surface area contributed by atoms with Gasteiger partial charge < -0.3 is 10.1 Å². The van der Waals surface area contributed by atoms with Crippen molar-refractivity contribution in [2.45, 2.75) is 39.0 Å². The Bertz CT molecular complexity index is 475. The molecule has 0 aromatic heterocycles. The number of aryl methyl sites for hydroxylation is 1. The Hall–Kier alpha value is -1.61. The minimum atomic E-state index is 0.0451. The summed E-state index contributed by atoms with van der Waals surface area (Å²) in [5, 5.41) is 3.02. The first-order chi connectivity index (χ1) is 10.7. The molecule has 120 valence electrons. The van der Waals surface area contributed by atoms with Gasteiger partial charge in [-0.2, -0.15) is 0 Å². The number of benzene rings is 1. The summed E-state index contributed by atoms with van der Waals surface area (Å²) < 4.78 is 5.33. The number of hydrogen-bond acceptors (Lipinski definition) is 2. The van der Waals surface area contributed by atoms with Gasteiger partial charge in [-0.3, -0.25) is 4.79 Å². The standard InChI is InChI=1S/C19H27NO2/c1-16(6-5-9-17-7-3-2-4-8-17)14-19(21)20-15-18-10-12-22-13-11-18/h2-4,7-8,14,18H,5-6,9-13,15H2,1H3,(H,20,21). The molecule has 2 rings (SSSR count). The summed E-state index contributed by atoms with van der Waals surface area (Å²) in [6.45, 7) is 4.47. The third-order valence-corrected chi connectivity index (χ3v) is 4.16. The van der Waals surface area contributed by atoms with Crippen molar-refractivity contribution in [1.82, 2.24) is 5.32 Å². The number of ether oxygens (including phenoxy) is 1. The van der Waals surface area contributed by atoms with Gasteiger partial charge in [-0.05, 0) is 50.5 Å². The van der Waals surface area contributed by atoms with Crippen LogP contribution in [0.4, 0.5) is 0 Å². The first-order valence-electron chi connectivity index (χ1n) is 8.30. The van der Waals surface area contributed by atoms with Gasteiger partial charge in [-0.25, -0.2) is 0 Å². The quantitative estimate of drug-likeness (QED) is 0.783. The predicted octanol–water partition coefficient (Wildman–Crippen LogP) is 3.50. The summed E-state index contributed by atoms with van der Waals surface area (Å²) in [6, 6.07) is 10.5. The lowest BCUT2D eigenvalue weighted by molar-refractivity contribution is -0.116. The zero-order valence-electron chi connectivity index (χ0n) is 13.5. The minimum Gasteiger partial charge on any atom is -0.381 e. The summed E-state index contributed by atoms with van der Waals surface area (Å²) in [4.78, 5) is 11.9. The van der Waals surface area contributed by atoms with E-state index in [9.17, 15) is 4.79 Å². The summed E-state index contributed by atoms with van der Waals surface area (Å²) in [5.41, 5.74) is 2.51. The van der Waals surface area contributed by atoms with Gasteiger partial charge in [0.05, 0.1) is 0 Å². The van der Waals surface area contributed by atoms with Crippen LogP contribution in [0.15, 0.2) is 42.0 Å². The molecule has 22 heavy (non-hydrogen) atoms. The lowest BCUT2D eigenvalue weighted by Crippen LogP contribution is -2.31. The van der Waals surface area contributed by atoms with Crippen LogP contribution in [-0.4, -0.2) is 25.7 Å². The Kier molecular flexibility index (Phi) is 7.17. The van der Waals surface area contributed by atoms with Crippen LogP contribution >= 0.6 is 0 Å². The smallest absolute Gasteiger partial charge is 0.243 e. The fourth-order valence-corrected chi connectivity index (χ4v) is 2.76. The monoisotopic (exact) mass is 301 g/mol. The van der Waals surface area contributed by atoms with Crippen molar-refractivity contribution >= 4 is 5.91 Å². The first-order valence-corrected chi connectivity index (χ1v) is 8.30. The molecule has 1 heterocycles. The highest BCUT2D eigenvalue weighted by molar-refractivity contribution is 5.88. The Labute approximate surface area is 133 Å². The van der Waals surface area contributed by atoms with Gasteiger partial charge in [0, 0.05) is 25.8 Å². The SMILES string of the molecule is CC(=CC(=O)NCC1CCOCC1)CCCc1ccccc1. The Morgan fingerprint density at radius 2 is 2.00 bits per heavy atom. The summed E-state index contributed by atoms with van der Waals surface area (Å²) in [5.74, 6) is 0.619. The molecule has 1 fully saturated rings. The lowest BCUT2D eigenvalue weighted by Gasteiger charge is -2.21. The average molecular weight is 301 g/mol. The molecule has 1 aromatic rings. The van der Waals surface area contributed by atoms with E-state index in [4.69, 9.17) is 4.74 Å². The molecule has 0 bridgehead atoms. The fourth-order valence-electron chi connectivity index (χ4n) is 2.76.